The summed E-state index contributed by atoms with van der Waals surface area (Å²) in [5.41, 5.74) is 2.15. The maximum atomic E-state index is 12.2. The van der Waals surface area contributed by atoms with Crippen molar-refractivity contribution >= 4 is 44.0 Å². The molecule has 0 saturated heterocycles. The lowest BCUT2D eigenvalue weighted by Gasteiger charge is -2.04. The number of nitrogens with zero attached hydrogens (tertiary/aromatic N) is 4. The summed E-state index contributed by atoms with van der Waals surface area (Å²) < 4.78 is 1.87. The molecule has 0 bridgehead atoms. The fourth-order valence-corrected chi connectivity index (χ4v) is 4.17. The summed E-state index contributed by atoms with van der Waals surface area (Å²) in [5, 5.41) is 27.5. The number of nitriles is 1. The molecule has 2 heterocycles. The number of nitrogens with one attached hydrogen (secondary N) is 1. The zero-order valence-electron chi connectivity index (χ0n) is 14.6. The van der Waals surface area contributed by atoms with Crippen LogP contribution < -0.4 is 5.32 Å². The first-order chi connectivity index (χ1) is 12.3. The van der Waals surface area contributed by atoms with Crippen LogP contribution in [0.5, 0.6) is 0 Å². The summed E-state index contributed by atoms with van der Waals surface area (Å²) in [5.74, 6) is -0.421. The molecule has 0 spiro atoms. The second kappa shape index (κ2) is 8.42. The molecule has 10 heteroatoms. The van der Waals surface area contributed by atoms with E-state index >= 15 is 0 Å². The number of thiophene rings is 1. The van der Waals surface area contributed by atoms with Crippen LogP contribution >= 0.6 is 27.3 Å². The van der Waals surface area contributed by atoms with Gasteiger partial charge in [0.1, 0.15) is 15.5 Å². The Bertz CT molecular complexity index is 897. The minimum absolute atomic E-state index is 0.191. The number of nitro groups is 1. The van der Waals surface area contributed by atoms with Gasteiger partial charge in [-0.25, -0.2) is 0 Å². The molecule has 2 aromatic heterocycles. The molecule has 1 N–H and O–H groups in total. The number of aromatic nitrogens is 2. The zero-order chi connectivity index (χ0) is 19.4. The van der Waals surface area contributed by atoms with Gasteiger partial charge in [0.25, 0.3) is 0 Å². The van der Waals surface area contributed by atoms with Gasteiger partial charge >= 0.3 is 5.82 Å². The SMILES string of the molecule is CCc1c(C)sc(NC(=O)CCCn2nc([N+](=O)[O-])c(Br)c2C)c1C#N. The van der Waals surface area contributed by atoms with Crippen molar-refractivity contribution in [2.45, 2.75) is 46.6 Å². The molecule has 0 unspecified atom stereocenters. The molecule has 0 aliphatic rings. The first-order valence-corrected chi connectivity index (χ1v) is 9.60. The maximum absolute atomic E-state index is 12.2. The summed E-state index contributed by atoms with van der Waals surface area (Å²) >= 11 is 4.57. The van der Waals surface area contributed by atoms with Crippen LogP contribution in [0.4, 0.5) is 10.8 Å². The Kier molecular flexibility index (Phi) is 6.50. The van der Waals surface area contributed by atoms with E-state index in [0.717, 1.165) is 16.9 Å². The molecule has 1 amide bonds. The van der Waals surface area contributed by atoms with Crippen LogP contribution in [0.1, 0.15) is 41.5 Å². The van der Waals surface area contributed by atoms with Crippen molar-refractivity contribution in [3.63, 3.8) is 0 Å². The minimum Gasteiger partial charge on any atom is -0.358 e. The van der Waals surface area contributed by atoms with Crippen molar-refractivity contribution in [3.8, 4) is 6.07 Å². The van der Waals surface area contributed by atoms with E-state index in [1.54, 1.807) is 6.92 Å². The number of halogens is 1. The normalized spacial score (nSPS) is 10.6. The van der Waals surface area contributed by atoms with Crippen molar-refractivity contribution in [3.05, 3.63) is 36.3 Å². The van der Waals surface area contributed by atoms with Crippen molar-refractivity contribution in [1.29, 1.82) is 5.26 Å². The lowest BCUT2D eigenvalue weighted by atomic mass is 10.1. The molecule has 0 aliphatic carbocycles. The Hall–Kier alpha value is -2.25. The highest BCUT2D eigenvalue weighted by Crippen LogP contribution is 2.33. The minimum atomic E-state index is -0.547. The highest BCUT2D eigenvalue weighted by Gasteiger charge is 2.23. The quantitative estimate of drug-likeness (QED) is 0.515. The number of hydrogen-bond acceptors (Lipinski definition) is 6. The lowest BCUT2D eigenvalue weighted by molar-refractivity contribution is -0.390. The van der Waals surface area contributed by atoms with Gasteiger partial charge < -0.3 is 15.4 Å². The average Bonchev–Trinajstić information content (AvgIpc) is 3.04. The second-order valence-corrected chi connectivity index (χ2v) is 7.68. The van der Waals surface area contributed by atoms with E-state index in [0.29, 0.717) is 33.7 Å². The van der Waals surface area contributed by atoms with Crippen LogP contribution in [0, 0.1) is 35.3 Å². The fourth-order valence-electron chi connectivity index (χ4n) is 2.63. The number of carbonyl (C=O) groups excluding carboxylic acids is 1. The van der Waals surface area contributed by atoms with E-state index in [-0.39, 0.29) is 18.1 Å². The van der Waals surface area contributed by atoms with Gasteiger partial charge in [-0.15, -0.1) is 11.3 Å². The van der Waals surface area contributed by atoms with Gasteiger partial charge in [0.2, 0.25) is 5.91 Å². The Morgan fingerprint density at radius 3 is 2.73 bits per heavy atom. The highest BCUT2D eigenvalue weighted by atomic mass is 79.9. The van der Waals surface area contributed by atoms with E-state index in [2.05, 4.69) is 32.4 Å². The second-order valence-electron chi connectivity index (χ2n) is 5.66. The first-order valence-electron chi connectivity index (χ1n) is 7.99. The number of rotatable bonds is 7. The standard InChI is InChI=1S/C16H18BrN5O3S/c1-4-11-10(3)26-16(12(11)8-18)19-13(23)6-5-7-21-9(2)14(17)15(20-21)22(24)25/h4-7H2,1-3H3,(H,19,23). The van der Waals surface area contributed by atoms with Crippen LogP contribution in [0.15, 0.2) is 4.47 Å². The van der Waals surface area contributed by atoms with Gasteiger partial charge in [0.05, 0.1) is 22.9 Å². The van der Waals surface area contributed by atoms with Gasteiger partial charge in [-0.2, -0.15) is 9.94 Å². The monoisotopic (exact) mass is 439 g/mol. The van der Waals surface area contributed by atoms with E-state index in [1.807, 2.05) is 13.8 Å². The van der Waals surface area contributed by atoms with Crippen molar-refractivity contribution < 1.29 is 9.72 Å². The van der Waals surface area contributed by atoms with Gasteiger partial charge in [0, 0.05) is 11.3 Å². The first kappa shape index (κ1) is 20.1. The van der Waals surface area contributed by atoms with E-state index in [9.17, 15) is 20.2 Å². The molecule has 2 rings (SSSR count). The van der Waals surface area contributed by atoms with Crippen LogP contribution in [0.2, 0.25) is 0 Å². The molecular formula is C16H18BrN5O3S. The van der Waals surface area contributed by atoms with Crippen LogP contribution in [-0.2, 0) is 17.8 Å². The zero-order valence-corrected chi connectivity index (χ0v) is 17.0. The van der Waals surface area contributed by atoms with Gasteiger partial charge in [0.15, 0.2) is 0 Å². The number of hydrogen-bond donors (Lipinski definition) is 1. The Labute approximate surface area is 163 Å². The molecule has 0 atom stereocenters. The van der Waals surface area contributed by atoms with Crippen molar-refractivity contribution in [1.82, 2.24) is 9.78 Å². The summed E-state index contributed by atoms with van der Waals surface area (Å²) in [6, 6.07) is 2.16. The van der Waals surface area contributed by atoms with E-state index in [4.69, 9.17) is 0 Å². The predicted molar refractivity (Wildman–Crippen MR) is 102 cm³/mol. The number of anilines is 1. The maximum Gasteiger partial charge on any atom is 0.404 e. The topological polar surface area (TPSA) is 114 Å². The molecule has 2 aromatic rings. The van der Waals surface area contributed by atoms with Crippen LogP contribution in [0.3, 0.4) is 0 Å². The third-order valence-corrected chi connectivity index (χ3v) is 5.98. The third-order valence-electron chi connectivity index (χ3n) is 3.99. The Morgan fingerprint density at radius 2 is 2.19 bits per heavy atom. The molecule has 0 radical (unpaired) electrons. The smallest absolute Gasteiger partial charge is 0.358 e. The van der Waals surface area contributed by atoms with E-state index < -0.39 is 4.92 Å². The van der Waals surface area contributed by atoms with Crippen LogP contribution in [0.25, 0.3) is 0 Å². The number of aryl methyl sites for hydroxylation is 2. The average molecular weight is 440 g/mol. The van der Waals surface area contributed by atoms with Crippen LogP contribution in [-0.4, -0.2) is 20.6 Å². The molecule has 0 aliphatic heterocycles. The molecule has 0 aromatic carbocycles. The highest BCUT2D eigenvalue weighted by molar-refractivity contribution is 9.10. The summed E-state index contributed by atoms with van der Waals surface area (Å²) in [6.45, 7) is 6.03. The largest absolute Gasteiger partial charge is 0.404 e. The predicted octanol–water partition coefficient (Wildman–Crippen LogP) is 4.09. The molecule has 0 fully saturated rings. The molecule has 138 valence electrons. The van der Waals surface area contributed by atoms with Gasteiger partial charge in [-0.1, -0.05) is 6.92 Å². The number of carbonyl (C=O) groups is 1. The van der Waals surface area contributed by atoms with Crippen molar-refractivity contribution in [2.24, 2.45) is 0 Å². The number of amides is 1. The van der Waals surface area contributed by atoms with Gasteiger partial charge in [-0.05, 0) is 53.1 Å². The Morgan fingerprint density at radius 1 is 1.50 bits per heavy atom. The summed E-state index contributed by atoms with van der Waals surface area (Å²) in [6.07, 6.45) is 1.45. The lowest BCUT2D eigenvalue weighted by Crippen LogP contribution is -2.13. The molecule has 0 saturated carbocycles. The molecular weight excluding hydrogens is 422 g/mol. The Balaban J connectivity index is 1.98. The fraction of sp³-hybridized carbons (Fsp3) is 0.438. The van der Waals surface area contributed by atoms with Crippen molar-refractivity contribution in [2.75, 3.05) is 5.32 Å². The summed E-state index contributed by atoms with van der Waals surface area (Å²) in [4.78, 5) is 23.6. The summed E-state index contributed by atoms with van der Waals surface area (Å²) in [7, 11) is 0. The molecule has 26 heavy (non-hydrogen) atoms. The van der Waals surface area contributed by atoms with Gasteiger partial charge in [-0.3, -0.25) is 4.79 Å². The third kappa shape index (κ3) is 4.11. The molecule has 8 nitrogen and oxygen atoms in total. The van der Waals surface area contributed by atoms with E-state index in [1.165, 1.54) is 16.0 Å².